The molecule has 0 radical (unpaired) electrons. The highest BCUT2D eigenvalue weighted by molar-refractivity contribution is 5.76. The molecule has 0 spiro atoms. The number of hydrogen-bond acceptors (Lipinski definition) is 5. The fourth-order valence-electron chi connectivity index (χ4n) is 2.73. The first-order chi connectivity index (χ1) is 12.1. The molecule has 0 aromatic heterocycles. The molecule has 0 atom stereocenters. The van der Waals surface area contributed by atoms with Crippen molar-refractivity contribution < 1.29 is 19.4 Å². The van der Waals surface area contributed by atoms with Crippen molar-refractivity contribution in [1.82, 2.24) is 0 Å². The van der Waals surface area contributed by atoms with Crippen molar-refractivity contribution in [2.45, 2.75) is 25.7 Å². The maximum absolute atomic E-state index is 10.5. The Morgan fingerprint density at radius 1 is 1.08 bits per heavy atom. The van der Waals surface area contributed by atoms with Gasteiger partial charge in [0.25, 0.3) is 0 Å². The number of hydrogen-bond donors (Lipinski definition) is 3. The van der Waals surface area contributed by atoms with Crippen molar-refractivity contribution in [3.8, 4) is 11.5 Å². The molecule has 0 amide bonds. The number of carbonyl (C=O) groups is 1. The largest absolute Gasteiger partial charge is 0.486 e. The van der Waals surface area contributed by atoms with Gasteiger partial charge in [-0.1, -0.05) is 12.1 Å². The molecule has 2 aromatic rings. The van der Waals surface area contributed by atoms with Crippen molar-refractivity contribution in [2.24, 2.45) is 0 Å². The Morgan fingerprint density at radius 2 is 1.76 bits per heavy atom. The van der Waals surface area contributed by atoms with Crippen LogP contribution in [-0.2, 0) is 11.2 Å². The smallest absolute Gasteiger partial charge is 0.303 e. The van der Waals surface area contributed by atoms with Gasteiger partial charge in [-0.15, -0.1) is 0 Å². The van der Waals surface area contributed by atoms with Crippen LogP contribution in [0.4, 0.5) is 17.1 Å². The van der Waals surface area contributed by atoms with Gasteiger partial charge in [0.05, 0.1) is 11.4 Å². The molecule has 1 heterocycles. The quantitative estimate of drug-likeness (QED) is 0.526. The van der Waals surface area contributed by atoms with Crippen LogP contribution in [0, 0.1) is 0 Å². The predicted octanol–water partition coefficient (Wildman–Crippen LogP) is 3.58. The number of fused-ring (bicyclic) bond motifs is 1. The van der Waals surface area contributed by atoms with Crippen LogP contribution in [0.5, 0.6) is 11.5 Å². The van der Waals surface area contributed by atoms with E-state index in [1.165, 1.54) is 5.56 Å². The van der Waals surface area contributed by atoms with E-state index in [0.29, 0.717) is 36.8 Å². The second kappa shape index (κ2) is 7.79. The number of aliphatic carboxylic acids is 1. The van der Waals surface area contributed by atoms with Crippen LogP contribution in [0.3, 0.4) is 0 Å². The molecule has 6 heteroatoms. The van der Waals surface area contributed by atoms with Gasteiger partial charge in [0, 0.05) is 24.2 Å². The SMILES string of the molecule is Nc1cc2c(cc1Nc1ccc(CCCCC(=O)O)cc1)OCCO2. The lowest BCUT2D eigenvalue weighted by molar-refractivity contribution is -0.137. The summed E-state index contributed by atoms with van der Waals surface area (Å²) in [5.41, 5.74) is 9.57. The second-order valence-corrected chi connectivity index (χ2v) is 6.01. The summed E-state index contributed by atoms with van der Waals surface area (Å²) in [5.74, 6) is 0.626. The lowest BCUT2D eigenvalue weighted by Crippen LogP contribution is -2.15. The van der Waals surface area contributed by atoms with E-state index in [1.807, 2.05) is 30.3 Å². The number of nitrogen functional groups attached to an aromatic ring is 1. The normalized spacial score (nSPS) is 12.6. The van der Waals surface area contributed by atoms with Gasteiger partial charge in [-0.3, -0.25) is 4.79 Å². The number of rotatable bonds is 7. The molecule has 0 bridgehead atoms. The minimum absolute atomic E-state index is 0.225. The predicted molar refractivity (Wildman–Crippen MR) is 96.8 cm³/mol. The summed E-state index contributed by atoms with van der Waals surface area (Å²) < 4.78 is 11.1. The number of unbranched alkanes of at least 4 members (excludes halogenated alkanes) is 1. The Labute approximate surface area is 146 Å². The molecule has 6 nitrogen and oxygen atoms in total. The summed E-state index contributed by atoms with van der Waals surface area (Å²) in [6.45, 7) is 1.07. The van der Waals surface area contributed by atoms with Gasteiger partial charge >= 0.3 is 5.97 Å². The van der Waals surface area contributed by atoms with Gasteiger partial charge in [-0.25, -0.2) is 0 Å². The lowest BCUT2D eigenvalue weighted by Gasteiger charge is -2.20. The van der Waals surface area contributed by atoms with Crippen molar-refractivity contribution in [3.63, 3.8) is 0 Å². The monoisotopic (exact) mass is 342 g/mol. The highest BCUT2D eigenvalue weighted by Gasteiger charge is 2.14. The van der Waals surface area contributed by atoms with Crippen molar-refractivity contribution in [1.29, 1.82) is 0 Å². The first-order valence-corrected chi connectivity index (χ1v) is 8.39. The molecular formula is C19H22N2O4. The Morgan fingerprint density at radius 3 is 2.44 bits per heavy atom. The van der Waals surface area contributed by atoms with E-state index in [0.717, 1.165) is 24.2 Å². The fraction of sp³-hybridized carbons (Fsp3) is 0.316. The lowest BCUT2D eigenvalue weighted by atomic mass is 10.1. The number of carboxylic acids is 1. The van der Waals surface area contributed by atoms with Crippen LogP contribution in [0.2, 0.25) is 0 Å². The number of aryl methyl sites for hydroxylation is 1. The van der Waals surface area contributed by atoms with Crippen LogP contribution < -0.4 is 20.5 Å². The molecule has 132 valence electrons. The molecule has 0 unspecified atom stereocenters. The molecule has 0 fully saturated rings. The van der Waals surface area contributed by atoms with E-state index < -0.39 is 5.97 Å². The van der Waals surface area contributed by atoms with Gasteiger partial charge in [-0.05, 0) is 37.0 Å². The maximum atomic E-state index is 10.5. The number of nitrogens with one attached hydrogen (secondary N) is 1. The molecule has 1 aliphatic rings. The number of ether oxygens (including phenoxy) is 2. The van der Waals surface area contributed by atoms with Gasteiger partial charge in [0.15, 0.2) is 11.5 Å². The minimum Gasteiger partial charge on any atom is -0.486 e. The average Bonchev–Trinajstić information content (AvgIpc) is 2.60. The summed E-state index contributed by atoms with van der Waals surface area (Å²) in [7, 11) is 0. The van der Waals surface area contributed by atoms with E-state index in [2.05, 4.69) is 5.32 Å². The standard InChI is InChI=1S/C19H22N2O4/c20-15-11-17-18(25-10-9-24-17)12-16(15)21-14-7-5-13(6-8-14)3-1-2-4-19(22)23/h5-8,11-12,21H,1-4,9-10,20H2,(H,22,23). The van der Waals surface area contributed by atoms with Crippen LogP contribution in [0.1, 0.15) is 24.8 Å². The molecule has 25 heavy (non-hydrogen) atoms. The highest BCUT2D eigenvalue weighted by Crippen LogP contribution is 2.38. The van der Waals surface area contributed by atoms with Gasteiger partial charge in [0.1, 0.15) is 13.2 Å². The Hall–Kier alpha value is -2.89. The van der Waals surface area contributed by atoms with Crippen molar-refractivity contribution >= 4 is 23.0 Å². The highest BCUT2D eigenvalue weighted by atomic mass is 16.6. The van der Waals surface area contributed by atoms with E-state index in [4.69, 9.17) is 20.3 Å². The number of nitrogens with two attached hydrogens (primary N) is 1. The van der Waals surface area contributed by atoms with Gasteiger partial charge < -0.3 is 25.6 Å². The second-order valence-electron chi connectivity index (χ2n) is 6.01. The van der Waals surface area contributed by atoms with Crippen LogP contribution in [0.15, 0.2) is 36.4 Å². The first kappa shape index (κ1) is 17.0. The van der Waals surface area contributed by atoms with E-state index in [-0.39, 0.29) is 6.42 Å². The van der Waals surface area contributed by atoms with Crippen LogP contribution >= 0.6 is 0 Å². The molecule has 1 aliphatic heterocycles. The summed E-state index contributed by atoms with van der Waals surface area (Å²) in [6.07, 6.45) is 2.67. The van der Waals surface area contributed by atoms with E-state index >= 15 is 0 Å². The molecule has 0 aliphatic carbocycles. The number of benzene rings is 2. The van der Waals surface area contributed by atoms with Crippen LogP contribution in [-0.4, -0.2) is 24.3 Å². The maximum Gasteiger partial charge on any atom is 0.303 e. The molecule has 2 aromatic carbocycles. The molecule has 0 saturated carbocycles. The molecule has 0 saturated heterocycles. The Bertz CT molecular complexity index is 744. The van der Waals surface area contributed by atoms with E-state index in [1.54, 1.807) is 6.07 Å². The third kappa shape index (κ3) is 4.56. The zero-order valence-electron chi connectivity index (χ0n) is 14.0. The third-order valence-electron chi connectivity index (χ3n) is 4.05. The topological polar surface area (TPSA) is 93.8 Å². The van der Waals surface area contributed by atoms with Crippen molar-refractivity contribution in [2.75, 3.05) is 24.3 Å². The first-order valence-electron chi connectivity index (χ1n) is 8.39. The number of anilines is 3. The zero-order valence-corrected chi connectivity index (χ0v) is 14.0. The summed E-state index contributed by atoms with van der Waals surface area (Å²) in [5, 5.41) is 11.9. The summed E-state index contributed by atoms with van der Waals surface area (Å²) >= 11 is 0. The van der Waals surface area contributed by atoms with Gasteiger partial charge in [-0.2, -0.15) is 0 Å². The van der Waals surface area contributed by atoms with Crippen LogP contribution in [0.25, 0.3) is 0 Å². The van der Waals surface area contributed by atoms with E-state index in [9.17, 15) is 4.79 Å². The third-order valence-corrected chi connectivity index (χ3v) is 4.05. The molecule has 3 rings (SSSR count). The summed E-state index contributed by atoms with van der Waals surface area (Å²) in [4.78, 5) is 10.5. The van der Waals surface area contributed by atoms with Gasteiger partial charge in [0.2, 0.25) is 0 Å². The summed E-state index contributed by atoms with van der Waals surface area (Å²) in [6, 6.07) is 11.7. The molecule has 4 N–H and O–H groups in total. The minimum atomic E-state index is -0.739. The zero-order chi connectivity index (χ0) is 17.6. The Balaban J connectivity index is 1.60. The Kier molecular flexibility index (Phi) is 5.28. The number of carboxylic acid groups (broad SMARTS) is 1. The molecular weight excluding hydrogens is 320 g/mol. The average molecular weight is 342 g/mol. The van der Waals surface area contributed by atoms with Crippen molar-refractivity contribution in [3.05, 3.63) is 42.0 Å². The fourth-order valence-corrected chi connectivity index (χ4v) is 2.73.